The highest BCUT2D eigenvalue weighted by atomic mass is 32.2. The van der Waals surface area contributed by atoms with Gasteiger partial charge in [0, 0.05) is 11.1 Å². The number of hydrogen-bond acceptors (Lipinski definition) is 6. The van der Waals surface area contributed by atoms with Crippen molar-refractivity contribution in [2.45, 2.75) is 64.7 Å². The van der Waals surface area contributed by atoms with Gasteiger partial charge in [0.25, 0.3) is 10.1 Å². The molecule has 0 saturated heterocycles. The third-order valence-electron chi connectivity index (χ3n) is 8.36. The lowest BCUT2D eigenvalue weighted by Crippen LogP contribution is -2.33. The molecule has 9 heteroatoms. The van der Waals surface area contributed by atoms with Crippen LogP contribution in [0.2, 0.25) is 0 Å². The minimum absolute atomic E-state index is 0.0134. The average molecular weight is 680 g/mol. The molecule has 47 heavy (non-hydrogen) atoms. The van der Waals surface area contributed by atoms with Gasteiger partial charge in [-0.25, -0.2) is 0 Å². The predicted octanol–water partition coefficient (Wildman–Crippen LogP) is 6.97. The van der Waals surface area contributed by atoms with Crippen LogP contribution >= 0.6 is 7.26 Å². The number of allylic oxidation sites excluding steroid dienone is 2. The maximum absolute atomic E-state index is 12.8. The summed E-state index contributed by atoms with van der Waals surface area (Å²) in [4.78, 5) is 25.4. The highest BCUT2D eigenvalue weighted by Gasteiger charge is 2.44. The number of ether oxygens (including phenoxy) is 2. The van der Waals surface area contributed by atoms with Crippen molar-refractivity contribution < 1.29 is 32.0 Å². The van der Waals surface area contributed by atoms with Gasteiger partial charge in [-0.2, -0.15) is 8.42 Å². The maximum atomic E-state index is 12.8. The van der Waals surface area contributed by atoms with Crippen molar-refractivity contribution >= 4 is 44.9 Å². The quantitative estimate of drug-likeness (QED) is 0.0755. The van der Waals surface area contributed by atoms with E-state index in [2.05, 4.69) is 91.0 Å². The van der Waals surface area contributed by atoms with Crippen LogP contribution in [0, 0.1) is 0 Å². The van der Waals surface area contributed by atoms with Crippen molar-refractivity contribution in [3.05, 3.63) is 114 Å². The smallest absolute Gasteiger partial charge is 0.261 e. The molecule has 0 unspecified atom stereocenters. The lowest BCUT2D eigenvalue weighted by molar-refractivity contribution is -0.121. The summed E-state index contributed by atoms with van der Waals surface area (Å²) in [5.74, 6) is -0.421. The normalized spacial score (nSPS) is 13.7. The van der Waals surface area contributed by atoms with E-state index < -0.39 is 17.4 Å². The molecule has 0 fully saturated rings. The molecule has 0 amide bonds. The fourth-order valence-corrected chi connectivity index (χ4v) is 10.5. The van der Waals surface area contributed by atoms with Crippen molar-refractivity contribution in [1.82, 2.24) is 0 Å². The molecule has 3 aromatic rings. The monoisotopic (exact) mass is 679 g/mol. The molecule has 1 aliphatic carbocycles. The molecule has 252 valence electrons. The van der Waals surface area contributed by atoms with Gasteiger partial charge in [-0.1, -0.05) is 86.7 Å². The maximum Gasteiger partial charge on any atom is 0.261 e. The van der Waals surface area contributed by atoms with Crippen LogP contribution in [-0.4, -0.2) is 51.2 Å². The van der Waals surface area contributed by atoms with Crippen molar-refractivity contribution in [3.63, 3.8) is 0 Å². The molecule has 0 atom stereocenters. The van der Waals surface area contributed by atoms with Gasteiger partial charge in [-0.3, -0.25) is 14.1 Å². The fraction of sp³-hybridized carbons (Fsp3) is 0.368. The molecular weight excluding hydrogens is 631 g/mol. The Bertz CT molecular complexity index is 1510. The van der Waals surface area contributed by atoms with Crippen LogP contribution in [0.4, 0.5) is 0 Å². The number of rotatable bonds is 16. The van der Waals surface area contributed by atoms with E-state index in [1.54, 1.807) is 6.92 Å². The van der Waals surface area contributed by atoms with Crippen molar-refractivity contribution in [2.24, 2.45) is 0 Å². The Morgan fingerprint density at radius 3 is 1.32 bits per heavy atom. The molecule has 0 aliphatic heterocycles. The minimum Gasteiger partial charge on any atom is -0.489 e. The summed E-state index contributed by atoms with van der Waals surface area (Å²) in [6.07, 6.45) is 11.7. The number of Topliss-reactive ketones (excluding diaryl/α,β-unsaturated/α-hetero) is 2. The second-order valence-electron chi connectivity index (χ2n) is 11.7. The van der Waals surface area contributed by atoms with Gasteiger partial charge in [0.2, 0.25) is 23.1 Å². The van der Waals surface area contributed by atoms with Crippen LogP contribution in [0.5, 0.6) is 0 Å². The van der Waals surface area contributed by atoms with Gasteiger partial charge in [0.05, 0.1) is 26.6 Å². The minimum atomic E-state index is -3.67. The van der Waals surface area contributed by atoms with E-state index in [4.69, 9.17) is 14.0 Å². The van der Waals surface area contributed by atoms with E-state index in [1.807, 2.05) is 0 Å². The summed E-state index contributed by atoms with van der Waals surface area (Å²) in [6.45, 7) is 1.71. The molecular formula is C38H48O7PS+. The first-order chi connectivity index (χ1) is 22.5. The first-order valence-electron chi connectivity index (χ1n) is 16.1. The van der Waals surface area contributed by atoms with Crippen molar-refractivity contribution in [1.29, 1.82) is 0 Å². The number of ketones is 2. The van der Waals surface area contributed by atoms with Crippen molar-refractivity contribution in [2.75, 3.05) is 26.6 Å². The lowest BCUT2D eigenvalue weighted by atomic mass is 9.89. The van der Waals surface area contributed by atoms with Gasteiger partial charge >= 0.3 is 0 Å². The summed E-state index contributed by atoms with van der Waals surface area (Å²) in [7, 11) is -2.61. The summed E-state index contributed by atoms with van der Waals surface area (Å²) in [6, 6.07) is 33.4. The number of benzene rings is 3. The van der Waals surface area contributed by atoms with Crippen LogP contribution < -0.4 is 15.9 Å². The molecule has 4 rings (SSSR count). The van der Waals surface area contributed by atoms with E-state index in [0.717, 1.165) is 19.3 Å². The second kappa shape index (κ2) is 18.7. The Kier molecular flexibility index (Phi) is 15.1. The first kappa shape index (κ1) is 37.9. The van der Waals surface area contributed by atoms with E-state index in [0.29, 0.717) is 23.8 Å². The largest absolute Gasteiger partial charge is 0.489 e. The Morgan fingerprint density at radius 1 is 0.596 bits per heavy atom. The Hall–Kier alpha value is -3.58. The zero-order valence-electron chi connectivity index (χ0n) is 28.0. The summed E-state index contributed by atoms with van der Waals surface area (Å²) < 4.78 is 36.2. The van der Waals surface area contributed by atoms with Crippen LogP contribution in [0.15, 0.2) is 114 Å². The number of methoxy groups -OCH3 is 2. The van der Waals surface area contributed by atoms with E-state index in [-0.39, 0.29) is 23.1 Å². The van der Waals surface area contributed by atoms with Crippen LogP contribution in [0.1, 0.15) is 64.7 Å². The molecule has 1 aliphatic rings. The molecule has 0 heterocycles. The first-order valence-corrected chi connectivity index (χ1v) is 20.0. The molecule has 0 aromatic heterocycles. The van der Waals surface area contributed by atoms with Crippen LogP contribution in [0.3, 0.4) is 0 Å². The van der Waals surface area contributed by atoms with Gasteiger partial charge in [0.1, 0.15) is 23.2 Å². The number of carbonyl (C=O) groups is 2. The Morgan fingerprint density at radius 2 is 0.936 bits per heavy atom. The number of carbonyl (C=O) groups excluding carboxylic acids is 2. The van der Waals surface area contributed by atoms with E-state index in [9.17, 15) is 18.0 Å². The number of hydrogen-bond donors (Lipinski definition) is 1. The van der Waals surface area contributed by atoms with Crippen LogP contribution in [-0.2, 0) is 29.2 Å². The average Bonchev–Trinajstić information content (AvgIpc) is 3.07. The number of unbranched alkanes of at least 4 members (excludes halogenated alkanes) is 7. The highest BCUT2D eigenvalue weighted by molar-refractivity contribution is 7.95. The SMILES string of the molecule is COC1=C(OC)C(=O)C(CCCCCCCCCC[P+](c2ccccc2)(c2ccccc2)c2ccccc2)=C(C)C1=O.CS(=O)(=O)O. The molecule has 0 saturated carbocycles. The molecule has 0 spiro atoms. The van der Waals surface area contributed by atoms with E-state index in [1.165, 1.54) is 68.4 Å². The van der Waals surface area contributed by atoms with Gasteiger partial charge < -0.3 is 9.47 Å². The third kappa shape index (κ3) is 10.7. The topological polar surface area (TPSA) is 107 Å². The Balaban J connectivity index is 0.00000111. The summed E-state index contributed by atoms with van der Waals surface area (Å²) >= 11 is 0. The zero-order valence-corrected chi connectivity index (χ0v) is 29.7. The predicted molar refractivity (Wildman–Crippen MR) is 193 cm³/mol. The zero-order chi connectivity index (χ0) is 34.3. The molecule has 1 N–H and O–H groups in total. The molecule has 0 bridgehead atoms. The van der Waals surface area contributed by atoms with Gasteiger partial charge in [0.15, 0.2) is 0 Å². The fourth-order valence-electron chi connectivity index (χ4n) is 6.09. The van der Waals surface area contributed by atoms with Gasteiger partial charge in [-0.15, -0.1) is 0 Å². The summed E-state index contributed by atoms with van der Waals surface area (Å²) in [5, 5.41) is 4.37. The second-order valence-corrected chi connectivity index (χ2v) is 16.8. The molecule has 7 nitrogen and oxygen atoms in total. The standard InChI is InChI=1S/C37H44O4P.CH4O3S/c1-29-33(35(39)37(41-3)36(40-2)34(29)38)27-19-8-6-4-5-7-9-20-28-42(30-21-13-10-14-22-30,31-23-15-11-16-24-31)32-25-17-12-18-26-32;1-5(2,3)4/h10-18,21-26H,4-9,19-20,27-28H2,1-3H3;1H3,(H,2,3,4)/q+1;. The lowest BCUT2D eigenvalue weighted by Gasteiger charge is -2.27. The molecule has 3 aromatic carbocycles. The third-order valence-corrected chi connectivity index (χ3v) is 12.9. The van der Waals surface area contributed by atoms with Crippen LogP contribution in [0.25, 0.3) is 0 Å². The Labute approximate surface area is 281 Å². The van der Waals surface area contributed by atoms with E-state index >= 15 is 0 Å². The van der Waals surface area contributed by atoms with Crippen molar-refractivity contribution in [3.8, 4) is 0 Å². The summed E-state index contributed by atoms with van der Waals surface area (Å²) in [5.41, 5.74) is 1.05. The van der Waals surface area contributed by atoms with Gasteiger partial charge in [-0.05, 0) is 69.0 Å². The highest BCUT2D eigenvalue weighted by Crippen LogP contribution is 2.56. The molecule has 0 radical (unpaired) electrons.